The first-order valence-electron chi connectivity index (χ1n) is 7.41. The molecular weight excluding hydrogens is 412 g/mol. The molecule has 0 unspecified atom stereocenters. The van der Waals surface area contributed by atoms with Crippen molar-refractivity contribution in [1.29, 1.82) is 0 Å². The van der Waals surface area contributed by atoms with Gasteiger partial charge in [0, 0.05) is 17.9 Å². The van der Waals surface area contributed by atoms with Gasteiger partial charge in [-0.3, -0.25) is 0 Å². The SMILES string of the molecule is CS(=O)(=O)c1ccc(-c2c(-c3cc(F)cc(F)c3)noc2C(F)(F)F)cc1F. The molecule has 0 atom stereocenters. The smallest absolute Gasteiger partial charge is 0.350 e. The van der Waals surface area contributed by atoms with Crippen LogP contribution in [0.1, 0.15) is 5.76 Å². The number of hydrogen-bond donors (Lipinski definition) is 0. The van der Waals surface area contributed by atoms with E-state index in [1.807, 2.05) is 0 Å². The van der Waals surface area contributed by atoms with Gasteiger partial charge in [0.05, 0.1) is 5.56 Å². The third-order valence-corrected chi connectivity index (χ3v) is 4.84. The maximum absolute atomic E-state index is 14.2. The molecule has 4 nitrogen and oxygen atoms in total. The maximum atomic E-state index is 14.2. The van der Waals surface area contributed by atoms with E-state index in [2.05, 4.69) is 9.68 Å². The predicted molar refractivity (Wildman–Crippen MR) is 85.4 cm³/mol. The highest BCUT2D eigenvalue weighted by atomic mass is 32.2. The molecule has 0 saturated heterocycles. The summed E-state index contributed by atoms with van der Waals surface area (Å²) in [7, 11) is -3.97. The molecule has 11 heteroatoms. The van der Waals surface area contributed by atoms with E-state index in [4.69, 9.17) is 0 Å². The highest BCUT2D eigenvalue weighted by Gasteiger charge is 2.41. The summed E-state index contributed by atoms with van der Waals surface area (Å²) in [6.07, 6.45) is -4.33. The van der Waals surface area contributed by atoms with Crippen molar-refractivity contribution in [3.63, 3.8) is 0 Å². The van der Waals surface area contributed by atoms with Crippen molar-refractivity contribution in [3.8, 4) is 22.4 Å². The molecule has 1 heterocycles. The van der Waals surface area contributed by atoms with E-state index in [0.717, 1.165) is 30.5 Å². The lowest BCUT2D eigenvalue weighted by molar-refractivity contribution is -0.154. The molecule has 1 aromatic heterocycles. The van der Waals surface area contributed by atoms with Gasteiger partial charge in [0.15, 0.2) is 9.84 Å². The molecule has 0 N–H and O–H groups in total. The number of halogens is 6. The van der Waals surface area contributed by atoms with Gasteiger partial charge in [-0.2, -0.15) is 13.2 Å². The monoisotopic (exact) mass is 421 g/mol. The van der Waals surface area contributed by atoms with Crippen LogP contribution in [-0.4, -0.2) is 19.8 Å². The summed E-state index contributed by atoms with van der Waals surface area (Å²) in [6, 6.07) is 4.22. The van der Waals surface area contributed by atoms with Gasteiger partial charge in [-0.15, -0.1) is 0 Å². The predicted octanol–water partition coefficient (Wildman–Crippen LogP) is 4.85. The number of rotatable bonds is 3. The third-order valence-electron chi connectivity index (χ3n) is 3.71. The fourth-order valence-corrected chi connectivity index (χ4v) is 3.32. The number of nitrogens with zero attached hydrogens (tertiary/aromatic N) is 1. The van der Waals surface area contributed by atoms with Crippen molar-refractivity contribution in [1.82, 2.24) is 5.16 Å². The van der Waals surface area contributed by atoms with E-state index in [1.165, 1.54) is 0 Å². The maximum Gasteiger partial charge on any atom is 0.453 e. The highest BCUT2D eigenvalue weighted by Crippen LogP contribution is 2.43. The first kappa shape index (κ1) is 19.9. The second-order valence-corrected chi connectivity index (χ2v) is 7.79. The molecule has 2 aromatic carbocycles. The first-order valence-corrected chi connectivity index (χ1v) is 9.30. The highest BCUT2D eigenvalue weighted by molar-refractivity contribution is 7.90. The fourth-order valence-electron chi connectivity index (χ4n) is 2.60. The van der Waals surface area contributed by atoms with Gasteiger partial charge < -0.3 is 4.52 Å². The molecule has 0 aliphatic rings. The Labute approximate surface area is 154 Å². The average Bonchev–Trinajstić information content (AvgIpc) is 2.97. The molecular formula is C17H9F6NO3S. The Morgan fingerprint density at radius 2 is 1.54 bits per heavy atom. The van der Waals surface area contributed by atoms with Gasteiger partial charge in [0.2, 0.25) is 5.76 Å². The topological polar surface area (TPSA) is 60.2 Å². The van der Waals surface area contributed by atoms with Gasteiger partial charge >= 0.3 is 6.18 Å². The lowest BCUT2D eigenvalue weighted by Gasteiger charge is -2.09. The van der Waals surface area contributed by atoms with Crippen LogP contribution in [0.4, 0.5) is 26.3 Å². The zero-order chi connectivity index (χ0) is 20.9. The zero-order valence-electron chi connectivity index (χ0n) is 13.8. The normalized spacial score (nSPS) is 12.4. The van der Waals surface area contributed by atoms with Crippen LogP contribution in [0, 0.1) is 17.5 Å². The van der Waals surface area contributed by atoms with Crippen LogP contribution in [0.3, 0.4) is 0 Å². The third kappa shape index (κ3) is 3.75. The molecule has 0 amide bonds. The van der Waals surface area contributed by atoms with E-state index in [0.29, 0.717) is 12.1 Å². The Balaban J connectivity index is 2.30. The first-order chi connectivity index (χ1) is 12.9. The van der Waals surface area contributed by atoms with Crippen LogP contribution >= 0.6 is 0 Å². The standard InChI is InChI=1S/C17H9F6NO3S/c1-28(25,26)13-3-2-8(6-12(13)20)14-15(24-27-16(14)17(21,22)23)9-4-10(18)7-11(19)5-9/h2-7H,1H3. The summed E-state index contributed by atoms with van der Waals surface area (Å²) >= 11 is 0. The lowest BCUT2D eigenvalue weighted by atomic mass is 9.98. The molecule has 0 spiro atoms. The molecule has 0 radical (unpaired) electrons. The molecule has 0 aliphatic carbocycles. The minimum atomic E-state index is -5.06. The van der Waals surface area contributed by atoms with Crippen LogP contribution in [-0.2, 0) is 16.0 Å². The Morgan fingerprint density at radius 1 is 0.929 bits per heavy atom. The van der Waals surface area contributed by atoms with Gasteiger partial charge in [-0.25, -0.2) is 21.6 Å². The zero-order valence-corrected chi connectivity index (χ0v) is 14.6. The molecule has 28 heavy (non-hydrogen) atoms. The second-order valence-electron chi connectivity index (χ2n) is 5.81. The number of aromatic nitrogens is 1. The van der Waals surface area contributed by atoms with Crippen molar-refractivity contribution in [2.45, 2.75) is 11.1 Å². The summed E-state index contributed by atoms with van der Waals surface area (Å²) in [6.45, 7) is 0. The molecule has 0 saturated carbocycles. The summed E-state index contributed by atoms with van der Waals surface area (Å²) in [5.74, 6) is -5.07. The van der Waals surface area contributed by atoms with Crippen LogP contribution in [0.5, 0.6) is 0 Å². The Hall–Kier alpha value is -2.82. The van der Waals surface area contributed by atoms with E-state index in [9.17, 15) is 34.8 Å². The minimum Gasteiger partial charge on any atom is -0.350 e. The van der Waals surface area contributed by atoms with E-state index >= 15 is 0 Å². The quantitative estimate of drug-likeness (QED) is 0.568. The van der Waals surface area contributed by atoms with Gasteiger partial charge in [-0.1, -0.05) is 11.2 Å². The van der Waals surface area contributed by atoms with Crippen LogP contribution in [0.15, 0.2) is 45.8 Å². The number of hydrogen-bond acceptors (Lipinski definition) is 4. The van der Waals surface area contributed by atoms with Crippen LogP contribution < -0.4 is 0 Å². The van der Waals surface area contributed by atoms with Gasteiger partial charge in [-0.05, 0) is 29.8 Å². The summed E-state index contributed by atoms with van der Waals surface area (Å²) < 4.78 is 108. The van der Waals surface area contributed by atoms with Crippen molar-refractivity contribution in [3.05, 3.63) is 59.6 Å². The van der Waals surface area contributed by atoms with Crippen LogP contribution in [0.2, 0.25) is 0 Å². The van der Waals surface area contributed by atoms with Crippen molar-refractivity contribution in [2.75, 3.05) is 6.26 Å². The average molecular weight is 421 g/mol. The molecule has 0 fully saturated rings. The van der Waals surface area contributed by atoms with Crippen molar-refractivity contribution >= 4 is 9.84 Å². The molecule has 3 rings (SSSR count). The minimum absolute atomic E-state index is 0.376. The number of alkyl halides is 3. The summed E-state index contributed by atoms with van der Waals surface area (Å²) in [4.78, 5) is -0.723. The van der Waals surface area contributed by atoms with Gasteiger partial charge in [0.25, 0.3) is 0 Å². The second kappa shape index (κ2) is 6.66. The molecule has 148 valence electrons. The van der Waals surface area contributed by atoms with Crippen LogP contribution in [0.25, 0.3) is 22.4 Å². The van der Waals surface area contributed by atoms with E-state index in [-0.39, 0.29) is 5.56 Å². The van der Waals surface area contributed by atoms with E-state index in [1.54, 1.807) is 0 Å². The largest absolute Gasteiger partial charge is 0.453 e. The van der Waals surface area contributed by atoms with E-state index < -0.39 is 60.9 Å². The summed E-state index contributed by atoms with van der Waals surface area (Å²) in [5.41, 5.74) is -2.17. The van der Waals surface area contributed by atoms with Crippen molar-refractivity contribution < 1.29 is 39.3 Å². The molecule has 3 aromatic rings. The fraction of sp³-hybridized carbons (Fsp3) is 0.118. The van der Waals surface area contributed by atoms with Gasteiger partial charge in [0.1, 0.15) is 28.0 Å². The Bertz CT molecular complexity index is 1150. The number of benzene rings is 2. The molecule has 0 aliphatic heterocycles. The van der Waals surface area contributed by atoms with Crippen molar-refractivity contribution in [2.24, 2.45) is 0 Å². The summed E-state index contributed by atoms with van der Waals surface area (Å²) in [5, 5.41) is 3.24. The Morgan fingerprint density at radius 3 is 2.04 bits per heavy atom. The molecule has 0 bridgehead atoms. The Kier molecular flexibility index (Phi) is 4.74. The number of sulfone groups is 1. The lowest BCUT2D eigenvalue weighted by Crippen LogP contribution is -2.06.